The SMILES string of the molecule is Cc1noc(NOS(=O)c2ccccc2)c1C. The van der Waals surface area contributed by atoms with E-state index in [1.54, 1.807) is 24.3 Å². The first kappa shape index (κ1) is 11.8. The minimum atomic E-state index is -1.58. The number of rotatable bonds is 4. The van der Waals surface area contributed by atoms with Gasteiger partial charge in [0.15, 0.2) is 0 Å². The van der Waals surface area contributed by atoms with Crippen LogP contribution in [0.3, 0.4) is 0 Å². The molecule has 5 nitrogen and oxygen atoms in total. The van der Waals surface area contributed by atoms with Gasteiger partial charge in [0.2, 0.25) is 11.1 Å². The second-order valence-corrected chi connectivity index (χ2v) is 4.56. The first-order valence-electron chi connectivity index (χ1n) is 5.01. The van der Waals surface area contributed by atoms with E-state index in [2.05, 4.69) is 10.6 Å². The largest absolute Gasteiger partial charge is 0.336 e. The lowest BCUT2D eigenvalue weighted by molar-refractivity contribution is 0.366. The molecule has 1 aromatic heterocycles. The molecule has 1 aromatic carbocycles. The minimum absolute atomic E-state index is 0.367. The van der Waals surface area contributed by atoms with E-state index >= 15 is 0 Å². The summed E-state index contributed by atoms with van der Waals surface area (Å²) in [5.74, 6) is 0.367. The third kappa shape index (κ3) is 2.72. The van der Waals surface area contributed by atoms with Crippen LogP contribution in [0.2, 0.25) is 0 Å². The number of nitrogens with one attached hydrogen (secondary N) is 1. The topological polar surface area (TPSA) is 64.4 Å². The van der Waals surface area contributed by atoms with Gasteiger partial charge in [-0.2, -0.15) is 4.28 Å². The Morgan fingerprint density at radius 1 is 1.29 bits per heavy atom. The van der Waals surface area contributed by atoms with E-state index in [0.29, 0.717) is 10.8 Å². The normalized spacial score (nSPS) is 12.4. The maximum absolute atomic E-state index is 11.7. The number of nitrogens with zero attached hydrogens (tertiary/aromatic N) is 1. The first-order valence-corrected chi connectivity index (χ1v) is 6.09. The molecular formula is C11H12N2O3S. The van der Waals surface area contributed by atoms with E-state index < -0.39 is 11.1 Å². The molecule has 0 radical (unpaired) electrons. The highest BCUT2D eigenvalue weighted by Gasteiger charge is 2.10. The summed E-state index contributed by atoms with van der Waals surface area (Å²) < 4.78 is 21.7. The molecule has 0 aliphatic carbocycles. The summed E-state index contributed by atoms with van der Waals surface area (Å²) in [6, 6.07) is 8.87. The summed E-state index contributed by atoms with van der Waals surface area (Å²) in [5.41, 5.74) is 4.10. The van der Waals surface area contributed by atoms with Gasteiger partial charge in [0.05, 0.1) is 10.6 Å². The van der Waals surface area contributed by atoms with Crippen LogP contribution in [0.25, 0.3) is 0 Å². The van der Waals surface area contributed by atoms with Crippen LogP contribution >= 0.6 is 0 Å². The Morgan fingerprint density at radius 2 is 2.00 bits per heavy atom. The molecule has 0 saturated heterocycles. The average Bonchev–Trinajstić information content (AvgIpc) is 2.68. The molecule has 0 fully saturated rings. The van der Waals surface area contributed by atoms with Gasteiger partial charge < -0.3 is 4.52 Å². The van der Waals surface area contributed by atoms with E-state index in [4.69, 9.17) is 8.81 Å². The van der Waals surface area contributed by atoms with Crippen LogP contribution in [0.15, 0.2) is 39.8 Å². The lowest BCUT2D eigenvalue weighted by Crippen LogP contribution is -2.05. The summed E-state index contributed by atoms with van der Waals surface area (Å²) in [6.07, 6.45) is 0. The highest BCUT2D eigenvalue weighted by molar-refractivity contribution is 7.80. The van der Waals surface area contributed by atoms with Gasteiger partial charge in [-0.25, -0.2) is 9.69 Å². The van der Waals surface area contributed by atoms with Crippen molar-refractivity contribution in [2.45, 2.75) is 18.7 Å². The Balaban J connectivity index is 2.00. The van der Waals surface area contributed by atoms with Crippen molar-refractivity contribution in [1.29, 1.82) is 0 Å². The number of benzene rings is 1. The molecule has 1 heterocycles. The number of aryl methyl sites for hydroxylation is 1. The van der Waals surface area contributed by atoms with E-state index in [0.717, 1.165) is 11.3 Å². The average molecular weight is 252 g/mol. The summed E-state index contributed by atoms with van der Waals surface area (Å²) in [6.45, 7) is 3.65. The van der Waals surface area contributed by atoms with Crippen LogP contribution in [0, 0.1) is 13.8 Å². The molecule has 1 unspecified atom stereocenters. The van der Waals surface area contributed by atoms with E-state index in [-0.39, 0.29) is 0 Å². The van der Waals surface area contributed by atoms with Crippen LogP contribution in [0.5, 0.6) is 0 Å². The molecule has 17 heavy (non-hydrogen) atoms. The number of hydrogen-bond acceptors (Lipinski definition) is 5. The van der Waals surface area contributed by atoms with E-state index in [1.165, 1.54) is 0 Å². The third-order valence-corrected chi connectivity index (χ3v) is 3.19. The Kier molecular flexibility index (Phi) is 3.55. The van der Waals surface area contributed by atoms with E-state index in [1.807, 2.05) is 19.9 Å². The fourth-order valence-corrected chi connectivity index (χ4v) is 1.79. The van der Waals surface area contributed by atoms with Gasteiger partial charge in [-0.15, -0.1) is 0 Å². The molecule has 1 atom stereocenters. The van der Waals surface area contributed by atoms with Gasteiger partial charge >= 0.3 is 0 Å². The molecule has 2 aromatic rings. The number of aromatic nitrogens is 1. The first-order chi connectivity index (χ1) is 8.18. The molecule has 0 spiro atoms. The van der Waals surface area contributed by atoms with Crippen molar-refractivity contribution in [3.05, 3.63) is 41.6 Å². The molecule has 0 aliphatic heterocycles. The fraction of sp³-hybridized carbons (Fsp3) is 0.182. The van der Waals surface area contributed by atoms with Crippen molar-refractivity contribution in [2.75, 3.05) is 5.48 Å². The van der Waals surface area contributed by atoms with Gasteiger partial charge in [-0.1, -0.05) is 23.4 Å². The van der Waals surface area contributed by atoms with Crippen molar-refractivity contribution < 1.29 is 13.0 Å². The van der Waals surface area contributed by atoms with Gasteiger partial charge in [0.25, 0.3) is 5.88 Å². The Labute approximate surface area is 101 Å². The Hall–Kier alpha value is -1.66. The summed E-state index contributed by atoms with van der Waals surface area (Å²) >= 11 is -1.58. The predicted molar refractivity (Wildman–Crippen MR) is 63.5 cm³/mol. The standard InChI is InChI=1S/C11H12N2O3S/c1-8-9(2)12-15-11(8)13-16-17(14)10-6-4-3-5-7-10/h3-7,13H,1-2H3. The van der Waals surface area contributed by atoms with Crippen LogP contribution in [-0.2, 0) is 15.4 Å². The molecule has 0 saturated carbocycles. The van der Waals surface area contributed by atoms with Crippen molar-refractivity contribution in [3.8, 4) is 0 Å². The Morgan fingerprint density at radius 3 is 2.59 bits per heavy atom. The van der Waals surface area contributed by atoms with E-state index in [9.17, 15) is 4.21 Å². The van der Waals surface area contributed by atoms with Crippen LogP contribution in [-0.4, -0.2) is 9.37 Å². The highest BCUT2D eigenvalue weighted by atomic mass is 32.2. The summed E-state index contributed by atoms with van der Waals surface area (Å²) in [7, 11) is 0. The Bertz CT molecular complexity index is 525. The maximum Gasteiger partial charge on any atom is 0.252 e. The van der Waals surface area contributed by atoms with Gasteiger partial charge in [0, 0.05) is 5.56 Å². The molecule has 90 valence electrons. The van der Waals surface area contributed by atoms with Crippen LogP contribution in [0.4, 0.5) is 5.88 Å². The molecular weight excluding hydrogens is 240 g/mol. The molecule has 0 bridgehead atoms. The van der Waals surface area contributed by atoms with Crippen molar-refractivity contribution in [3.63, 3.8) is 0 Å². The molecule has 6 heteroatoms. The minimum Gasteiger partial charge on any atom is -0.336 e. The zero-order chi connectivity index (χ0) is 12.3. The van der Waals surface area contributed by atoms with Gasteiger partial charge in [-0.3, -0.25) is 0 Å². The highest BCUT2D eigenvalue weighted by Crippen LogP contribution is 2.18. The van der Waals surface area contributed by atoms with Crippen molar-refractivity contribution in [1.82, 2.24) is 5.16 Å². The zero-order valence-corrected chi connectivity index (χ0v) is 10.3. The maximum atomic E-state index is 11.7. The number of hydrogen-bond donors (Lipinski definition) is 1. The monoisotopic (exact) mass is 252 g/mol. The predicted octanol–water partition coefficient (Wildman–Crippen LogP) is 2.36. The van der Waals surface area contributed by atoms with Gasteiger partial charge in [0.1, 0.15) is 0 Å². The lowest BCUT2D eigenvalue weighted by atomic mass is 10.3. The molecule has 1 N–H and O–H groups in total. The van der Waals surface area contributed by atoms with Crippen LogP contribution < -0.4 is 5.48 Å². The van der Waals surface area contributed by atoms with Crippen molar-refractivity contribution in [2.24, 2.45) is 0 Å². The van der Waals surface area contributed by atoms with Crippen LogP contribution in [0.1, 0.15) is 11.3 Å². The summed E-state index contributed by atoms with van der Waals surface area (Å²) in [5, 5.41) is 3.75. The third-order valence-electron chi connectivity index (χ3n) is 2.30. The number of anilines is 1. The quantitative estimate of drug-likeness (QED) is 0.846. The lowest BCUT2D eigenvalue weighted by Gasteiger charge is -2.03. The molecule has 2 rings (SSSR count). The van der Waals surface area contributed by atoms with Gasteiger partial charge in [-0.05, 0) is 26.0 Å². The zero-order valence-electron chi connectivity index (χ0n) is 9.47. The van der Waals surface area contributed by atoms with Crippen molar-refractivity contribution >= 4 is 17.0 Å². The second-order valence-electron chi connectivity index (χ2n) is 3.46. The second kappa shape index (κ2) is 5.11. The molecule has 0 amide bonds. The summed E-state index contributed by atoms with van der Waals surface area (Å²) in [4.78, 5) is 0.578. The fourth-order valence-electron chi connectivity index (χ4n) is 1.17. The smallest absolute Gasteiger partial charge is 0.252 e. The molecule has 0 aliphatic rings.